The Morgan fingerprint density at radius 1 is 0.958 bits per heavy atom. The second kappa shape index (κ2) is 11.9. The lowest BCUT2D eigenvalue weighted by Crippen LogP contribution is -2.31. The minimum atomic E-state index is 0.148. The average Bonchev–Trinajstić information content (AvgIpc) is 2.59. The maximum Gasteiger partial charge on any atom is 0.246 e. The fourth-order valence-electron chi connectivity index (χ4n) is 2.70. The summed E-state index contributed by atoms with van der Waals surface area (Å²) in [5, 5.41) is 0. The molecule has 2 heteroatoms. The van der Waals surface area contributed by atoms with Crippen molar-refractivity contribution in [2.24, 2.45) is 0 Å². The van der Waals surface area contributed by atoms with Gasteiger partial charge in [0.1, 0.15) is 0 Å². The van der Waals surface area contributed by atoms with Crippen LogP contribution in [0.3, 0.4) is 0 Å². The largest absolute Gasteiger partial charge is 0.339 e. The van der Waals surface area contributed by atoms with Gasteiger partial charge >= 0.3 is 0 Å². The highest BCUT2D eigenvalue weighted by Gasteiger charge is 2.09. The van der Waals surface area contributed by atoms with Gasteiger partial charge in [-0.05, 0) is 36.0 Å². The molecule has 24 heavy (non-hydrogen) atoms. The van der Waals surface area contributed by atoms with E-state index in [2.05, 4.69) is 52.0 Å². The van der Waals surface area contributed by atoms with Gasteiger partial charge in [-0.25, -0.2) is 0 Å². The summed E-state index contributed by atoms with van der Waals surface area (Å²) in [5.74, 6) is 0.687. The van der Waals surface area contributed by atoms with Crippen LogP contribution >= 0.6 is 0 Å². The zero-order valence-electron chi connectivity index (χ0n) is 16.1. The average molecular weight is 330 g/mol. The third-order valence-electron chi connectivity index (χ3n) is 4.40. The molecule has 0 fully saturated rings. The molecule has 0 aromatic heterocycles. The van der Waals surface area contributed by atoms with Gasteiger partial charge in [-0.15, -0.1) is 0 Å². The number of carbonyl (C=O) groups excluding carboxylic acids is 1. The number of benzene rings is 1. The summed E-state index contributed by atoms with van der Waals surface area (Å²) in [6, 6.07) is 8.49. The smallest absolute Gasteiger partial charge is 0.246 e. The van der Waals surface area contributed by atoms with Crippen LogP contribution in [0.1, 0.15) is 83.3 Å². The highest BCUT2D eigenvalue weighted by molar-refractivity contribution is 5.91. The SMILES string of the molecule is CCCCCN(CCCCC)C(=O)C=Cc1ccc(C(C)C)cc1. The van der Waals surface area contributed by atoms with E-state index in [4.69, 9.17) is 0 Å². The van der Waals surface area contributed by atoms with Gasteiger partial charge in [-0.2, -0.15) is 0 Å². The molecule has 1 rings (SSSR count). The first-order valence-corrected chi connectivity index (χ1v) is 9.65. The maximum absolute atomic E-state index is 12.5. The number of hydrogen-bond acceptors (Lipinski definition) is 1. The van der Waals surface area contributed by atoms with Crippen molar-refractivity contribution in [3.63, 3.8) is 0 Å². The number of unbranched alkanes of at least 4 members (excludes halogenated alkanes) is 4. The van der Waals surface area contributed by atoms with Crippen LogP contribution in [0.4, 0.5) is 0 Å². The first-order chi connectivity index (χ1) is 11.6. The monoisotopic (exact) mass is 329 g/mol. The van der Waals surface area contributed by atoms with Gasteiger partial charge in [0.2, 0.25) is 5.91 Å². The summed E-state index contributed by atoms with van der Waals surface area (Å²) in [7, 11) is 0. The van der Waals surface area contributed by atoms with Crippen molar-refractivity contribution >= 4 is 12.0 Å². The Morgan fingerprint density at radius 3 is 1.96 bits per heavy atom. The Kier molecular flexibility index (Phi) is 10.1. The first kappa shape index (κ1) is 20.5. The van der Waals surface area contributed by atoms with E-state index >= 15 is 0 Å². The summed E-state index contributed by atoms with van der Waals surface area (Å²) < 4.78 is 0. The van der Waals surface area contributed by atoms with Crippen molar-refractivity contribution in [3.05, 3.63) is 41.5 Å². The predicted octanol–water partition coefficient (Wildman–Crippen LogP) is 6.03. The number of nitrogens with zero attached hydrogens (tertiary/aromatic N) is 1. The Hall–Kier alpha value is -1.57. The number of amides is 1. The van der Waals surface area contributed by atoms with E-state index in [1.165, 1.54) is 31.2 Å². The lowest BCUT2D eigenvalue weighted by Gasteiger charge is -2.21. The molecule has 1 amide bonds. The zero-order chi connectivity index (χ0) is 17.8. The van der Waals surface area contributed by atoms with Gasteiger partial charge in [-0.3, -0.25) is 4.79 Å². The van der Waals surface area contributed by atoms with Gasteiger partial charge in [0.05, 0.1) is 0 Å². The molecule has 0 saturated carbocycles. The van der Waals surface area contributed by atoms with Gasteiger partial charge < -0.3 is 4.90 Å². The molecule has 0 atom stereocenters. The molecule has 0 aliphatic rings. The molecule has 0 bridgehead atoms. The van der Waals surface area contributed by atoms with Crippen LogP contribution < -0.4 is 0 Å². The van der Waals surface area contributed by atoms with Crippen LogP contribution in [-0.4, -0.2) is 23.9 Å². The van der Waals surface area contributed by atoms with Crippen LogP contribution in [0.15, 0.2) is 30.3 Å². The molecular formula is C22H35NO. The molecule has 134 valence electrons. The summed E-state index contributed by atoms with van der Waals surface area (Å²) in [6.45, 7) is 10.5. The van der Waals surface area contributed by atoms with Gasteiger partial charge in [0.25, 0.3) is 0 Å². The second-order valence-corrected chi connectivity index (χ2v) is 6.89. The highest BCUT2D eigenvalue weighted by Crippen LogP contribution is 2.15. The fourth-order valence-corrected chi connectivity index (χ4v) is 2.70. The van der Waals surface area contributed by atoms with Crippen molar-refractivity contribution < 1.29 is 4.79 Å². The molecular weight excluding hydrogens is 294 g/mol. The van der Waals surface area contributed by atoms with E-state index in [-0.39, 0.29) is 5.91 Å². The standard InChI is InChI=1S/C22H35NO/c1-5-7-9-17-23(18-10-8-6-2)22(24)16-13-20-11-14-21(15-12-20)19(3)4/h11-16,19H,5-10,17-18H2,1-4H3. The van der Waals surface area contributed by atoms with Crippen molar-refractivity contribution in [1.82, 2.24) is 4.90 Å². The molecule has 0 heterocycles. The van der Waals surface area contributed by atoms with Gasteiger partial charge in [-0.1, -0.05) is 77.6 Å². The van der Waals surface area contributed by atoms with Gasteiger partial charge in [0, 0.05) is 19.2 Å². The quantitative estimate of drug-likeness (QED) is 0.358. The Balaban J connectivity index is 2.63. The molecule has 1 aromatic rings. The van der Waals surface area contributed by atoms with Crippen LogP contribution in [0.25, 0.3) is 6.08 Å². The molecule has 1 aromatic carbocycles. The fraction of sp³-hybridized carbons (Fsp3) is 0.591. The van der Waals surface area contributed by atoms with E-state index in [0.29, 0.717) is 5.92 Å². The van der Waals surface area contributed by atoms with Crippen molar-refractivity contribution in [3.8, 4) is 0 Å². The molecule has 0 radical (unpaired) electrons. The van der Waals surface area contributed by atoms with Crippen LogP contribution in [0.2, 0.25) is 0 Å². The summed E-state index contributed by atoms with van der Waals surface area (Å²) in [4.78, 5) is 14.5. The lowest BCUT2D eigenvalue weighted by molar-refractivity contribution is -0.126. The van der Waals surface area contributed by atoms with Crippen molar-refractivity contribution in [2.45, 2.75) is 72.1 Å². The summed E-state index contributed by atoms with van der Waals surface area (Å²) in [6.07, 6.45) is 10.7. The minimum absolute atomic E-state index is 0.148. The zero-order valence-corrected chi connectivity index (χ0v) is 16.1. The topological polar surface area (TPSA) is 20.3 Å². The van der Waals surface area contributed by atoms with Crippen LogP contribution in [0, 0.1) is 0 Å². The third-order valence-corrected chi connectivity index (χ3v) is 4.40. The van der Waals surface area contributed by atoms with E-state index in [1.807, 2.05) is 11.0 Å². The lowest BCUT2D eigenvalue weighted by atomic mass is 10.0. The minimum Gasteiger partial charge on any atom is -0.339 e. The normalized spacial score (nSPS) is 11.4. The highest BCUT2D eigenvalue weighted by atomic mass is 16.2. The third kappa shape index (κ3) is 7.81. The molecule has 2 nitrogen and oxygen atoms in total. The Labute approximate surface area is 149 Å². The molecule has 0 unspecified atom stereocenters. The second-order valence-electron chi connectivity index (χ2n) is 6.89. The van der Waals surface area contributed by atoms with Crippen LogP contribution in [-0.2, 0) is 4.79 Å². The Morgan fingerprint density at radius 2 is 1.50 bits per heavy atom. The van der Waals surface area contributed by atoms with Crippen LogP contribution in [0.5, 0.6) is 0 Å². The summed E-state index contributed by atoms with van der Waals surface area (Å²) >= 11 is 0. The number of hydrogen-bond donors (Lipinski definition) is 0. The number of rotatable bonds is 11. The van der Waals surface area contributed by atoms with Crippen molar-refractivity contribution in [2.75, 3.05) is 13.1 Å². The molecule has 0 aliphatic heterocycles. The first-order valence-electron chi connectivity index (χ1n) is 9.65. The van der Waals surface area contributed by atoms with E-state index in [9.17, 15) is 4.79 Å². The molecule has 0 aliphatic carbocycles. The number of carbonyl (C=O) groups is 1. The molecule has 0 spiro atoms. The Bertz CT molecular complexity index is 477. The van der Waals surface area contributed by atoms with E-state index in [1.54, 1.807) is 6.08 Å². The van der Waals surface area contributed by atoms with Crippen molar-refractivity contribution in [1.29, 1.82) is 0 Å². The predicted molar refractivity (Wildman–Crippen MR) is 105 cm³/mol. The summed E-state index contributed by atoms with van der Waals surface area (Å²) in [5.41, 5.74) is 2.43. The molecule has 0 N–H and O–H groups in total. The van der Waals surface area contributed by atoms with Gasteiger partial charge in [0.15, 0.2) is 0 Å². The van der Waals surface area contributed by atoms with E-state index < -0.39 is 0 Å². The van der Waals surface area contributed by atoms with E-state index in [0.717, 1.165) is 31.5 Å². The maximum atomic E-state index is 12.5. The molecule has 0 saturated heterocycles.